The van der Waals surface area contributed by atoms with E-state index < -0.39 is 0 Å². The number of aryl methyl sites for hydroxylation is 1. The Bertz CT molecular complexity index is 692. The molecule has 0 fully saturated rings. The van der Waals surface area contributed by atoms with E-state index in [0.717, 1.165) is 25.2 Å². The van der Waals surface area contributed by atoms with Crippen LogP contribution in [-0.2, 0) is 11.2 Å². The minimum Gasteiger partial charge on any atom is -0.360 e. The molecule has 0 radical (unpaired) electrons. The zero-order chi connectivity index (χ0) is 16.4. The van der Waals surface area contributed by atoms with Crippen molar-refractivity contribution in [1.82, 2.24) is 9.78 Å². The summed E-state index contributed by atoms with van der Waals surface area (Å²) in [5, 5.41) is 7.28. The molecule has 23 heavy (non-hydrogen) atoms. The number of carbonyl (C=O) groups is 1. The molecule has 2 aromatic rings. The number of anilines is 2. The van der Waals surface area contributed by atoms with E-state index in [2.05, 4.69) is 33.5 Å². The lowest BCUT2D eigenvalue weighted by Crippen LogP contribution is -2.45. The second-order valence-corrected chi connectivity index (χ2v) is 6.35. The van der Waals surface area contributed by atoms with Crippen LogP contribution in [0.25, 0.3) is 0 Å². The largest absolute Gasteiger partial charge is 0.360 e. The highest BCUT2D eigenvalue weighted by molar-refractivity contribution is 5.96. The molecule has 0 aliphatic carbocycles. The molecule has 3 rings (SSSR count). The predicted octanol–water partition coefficient (Wildman–Crippen LogP) is 3.24. The van der Waals surface area contributed by atoms with Crippen molar-refractivity contribution >= 4 is 17.4 Å². The summed E-state index contributed by atoms with van der Waals surface area (Å²) < 4.78 is 1.83. The van der Waals surface area contributed by atoms with Crippen LogP contribution >= 0.6 is 0 Å². The summed E-state index contributed by atoms with van der Waals surface area (Å²) in [6.07, 6.45) is 3.89. The van der Waals surface area contributed by atoms with Gasteiger partial charge in [0.25, 0.3) is 0 Å². The second kappa shape index (κ2) is 6.44. The zero-order valence-electron chi connectivity index (χ0n) is 14.0. The lowest BCUT2D eigenvalue weighted by atomic mass is 10.00. The van der Waals surface area contributed by atoms with Crippen molar-refractivity contribution in [1.29, 1.82) is 0 Å². The van der Waals surface area contributed by atoms with Crippen LogP contribution in [0.1, 0.15) is 38.8 Å². The maximum atomic E-state index is 12.7. The second-order valence-electron chi connectivity index (χ2n) is 6.35. The van der Waals surface area contributed by atoms with Crippen molar-refractivity contribution in [2.24, 2.45) is 0 Å². The summed E-state index contributed by atoms with van der Waals surface area (Å²) in [6, 6.07) is 10.2. The topological polar surface area (TPSA) is 50.2 Å². The van der Waals surface area contributed by atoms with Gasteiger partial charge in [-0.15, -0.1) is 0 Å². The molecule has 1 amide bonds. The van der Waals surface area contributed by atoms with Gasteiger partial charge in [-0.3, -0.25) is 4.79 Å². The quantitative estimate of drug-likeness (QED) is 0.943. The van der Waals surface area contributed by atoms with Gasteiger partial charge in [0.1, 0.15) is 11.9 Å². The maximum Gasteiger partial charge on any atom is 0.247 e. The molecule has 1 N–H and O–H groups in total. The van der Waals surface area contributed by atoms with Crippen molar-refractivity contribution in [3.05, 3.63) is 42.1 Å². The molecule has 1 aliphatic rings. The number of carbonyl (C=O) groups excluding carboxylic acids is 1. The Labute approximate surface area is 137 Å². The van der Waals surface area contributed by atoms with E-state index >= 15 is 0 Å². The molecule has 0 unspecified atom stereocenters. The van der Waals surface area contributed by atoms with Gasteiger partial charge in [0.05, 0.1) is 6.20 Å². The number of amides is 1. The molecule has 1 atom stereocenters. The molecule has 5 heteroatoms. The normalized spacial score (nSPS) is 15.4. The predicted molar refractivity (Wildman–Crippen MR) is 92.8 cm³/mol. The Balaban J connectivity index is 1.77. The fourth-order valence-electron chi connectivity index (χ4n) is 3.16. The molecule has 0 saturated heterocycles. The Kier molecular flexibility index (Phi) is 4.37. The van der Waals surface area contributed by atoms with Crippen LogP contribution in [0.5, 0.6) is 0 Å². The van der Waals surface area contributed by atoms with Crippen LogP contribution in [0.2, 0.25) is 0 Å². The molecule has 1 aliphatic heterocycles. The third kappa shape index (κ3) is 3.09. The summed E-state index contributed by atoms with van der Waals surface area (Å²) in [7, 11) is 0. The Morgan fingerprint density at radius 3 is 2.78 bits per heavy atom. The number of hydrogen-bond donors (Lipinski definition) is 1. The molecule has 1 aromatic carbocycles. The molecule has 1 aromatic heterocycles. The van der Waals surface area contributed by atoms with Crippen molar-refractivity contribution < 1.29 is 4.79 Å². The molecular formula is C18H24N4O. The van der Waals surface area contributed by atoms with Crippen LogP contribution in [0, 0.1) is 0 Å². The molecule has 0 spiro atoms. The highest BCUT2D eigenvalue weighted by Gasteiger charge is 2.26. The van der Waals surface area contributed by atoms with Gasteiger partial charge >= 0.3 is 0 Å². The maximum absolute atomic E-state index is 12.7. The SMILES string of the molecule is CC(C)n1nccc1NC(=O)[C@@H](C)N1CCCc2ccccc21. The van der Waals surface area contributed by atoms with Crippen molar-refractivity contribution in [2.45, 2.75) is 45.7 Å². The lowest BCUT2D eigenvalue weighted by molar-refractivity contribution is -0.117. The van der Waals surface area contributed by atoms with Gasteiger partial charge in [-0.25, -0.2) is 4.68 Å². The minimum absolute atomic E-state index is 0.00380. The van der Waals surface area contributed by atoms with Crippen molar-refractivity contribution in [3.63, 3.8) is 0 Å². The van der Waals surface area contributed by atoms with Gasteiger partial charge in [-0.05, 0) is 45.2 Å². The van der Waals surface area contributed by atoms with Crippen LogP contribution in [0.3, 0.4) is 0 Å². The smallest absolute Gasteiger partial charge is 0.247 e. The van der Waals surface area contributed by atoms with Gasteiger partial charge in [-0.1, -0.05) is 18.2 Å². The third-order valence-electron chi connectivity index (χ3n) is 4.40. The molecular weight excluding hydrogens is 288 g/mol. The summed E-state index contributed by atoms with van der Waals surface area (Å²) in [5.74, 6) is 0.756. The number of para-hydroxylation sites is 1. The van der Waals surface area contributed by atoms with Crippen LogP contribution in [0.4, 0.5) is 11.5 Å². The van der Waals surface area contributed by atoms with Crippen LogP contribution < -0.4 is 10.2 Å². The fourth-order valence-corrected chi connectivity index (χ4v) is 3.16. The average molecular weight is 312 g/mol. The van der Waals surface area contributed by atoms with E-state index in [1.165, 1.54) is 11.3 Å². The number of benzene rings is 1. The first-order valence-electron chi connectivity index (χ1n) is 8.27. The van der Waals surface area contributed by atoms with Crippen LogP contribution in [0.15, 0.2) is 36.5 Å². The van der Waals surface area contributed by atoms with Gasteiger partial charge in [0.2, 0.25) is 5.91 Å². The first kappa shape index (κ1) is 15.6. The van der Waals surface area contributed by atoms with E-state index in [0.29, 0.717) is 0 Å². The average Bonchev–Trinajstić information content (AvgIpc) is 3.02. The number of aromatic nitrogens is 2. The lowest BCUT2D eigenvalue weighted by Gasteiger charge is -2.35. The Morgan fingerprint density at radius 2 is 2.00 bits per heavy atom. The van der Waals surface area contributed by atoms with Gasteiger partial charge in [-0.2, -0.15) is 5.10 Å². The summed E-state index contributed by atoms with van der Waals surface area (Å²) in [4.78, 5) is 14.9. The zero-order valence-corrected chi connectivity index (χ0v) is 14.0. The van der Waals surface area contributed by atoms with E-state index in [1.807, 2.05) is 37.6 Å². The van der Waals surface area contributed by atoms with Crippen molar-refractivity contribution in [3.8, 4) is 0 Å². The van der Waals surface area contributed by atoms with Gasteiger partial charge in [0, 0.05) is 24.3 Å². The minimum atomic E-state index is -0.216. The van der Waals surface area contributed by atoms with Gasteiger partial charge in [0.15, 0.2) is 0 Å². The molecule has 5 nitrogen and oxygen atoms in total. The van der Waals surface area contributed by atoms with E-state index in [1.54, 1.807) is 6.20 Å². The standard InChI is InChI=1S/C18H24N4O/c1-13(2)22-17(10-11-19-22)20-18(23)14(3)21-12-6-8-15-7-4-5-9-16(15)21/h4-5,7,9-11,13-14H,6,8,12H2,1-3H3,(H,20,23)/t14-/m1/s1. The summed E-state index contributed by atoms with van der Waals surface area (Å²) in [6.45, 7) is 6.97. The van der Waals surface area contributed by atoms with Crippen molar-refractivity contribution in [2.75, 3.05) is 16.8 Å². The van der Waals surface area contributed by atoms with Crippen LogP contribution in [-0.4, -0.2) is 28.3 Å². The number of nitrogens with zero attached hydrogens (tertiary/aromatic N) is 3. The number of fused-ring (bicyclic) bond motifs is 1. The molecule has 2 heterocycles. The first-order chi connectivity index (χ1) is 11.1. The number of rotatable bonds is 4. The first-order valence-corrected chi connectivity index (χ1v) is 8.27. The number of nitrogens with one attached hydrogen (secondary N) is 1. The highest BCUT2D eigenvalue weighted by atomic mass is 16.2. The molecule has 122 valence electrons. The van der Waals surface area contributed by atoms with Gasteiger partial charge < -0.3 is 10.2 Å². The Morgan fingerprint density at radius 1 is 1.22 bits per heavy atom. The Hall–Kier alpha value is -2.30. The van der Waals surface area contributed by atoms with E-state index in [4.69, 9.17) is 0 Å². The number of hydrogen-bond acceptors (Lipinski definition) is 3. The van der Waals surface area contributed by atoms with E-state index in [9.17, 15) is 4.79 Å². The summed E-state index contributed by atoms with van der Waals surface area (Å²) >= 11 is 0. The molecule has 0 saturated carbocycles. The summed E-state index contributed by atoms with van der Waals surface area (Å²) in [5.41, 5.74) is 2.50. The fraction of sp³-hybridized carbons (Fsp3) is 0.444. The monoisotopic (exact) mass is 312 g/mol. The third-order valence-corrected chi connectivity index (χ3v) is 4.40. The van der Waals surface area contributed by atoms with E-state index in [-0.39, 0.29) is 18.0 Å². The molecule has 0 bridgehead atoms. The highest BCUT2D eigenvalue weighted by Crippen LogP contribution is 2.28.